The second-order valence-corrected chi connectivity index (χ2v) is 5.67. The molecule has 0 unspecified atom stereocenters. The predicted molar refractivity (Wildman–Crippen MR) is 77.9 cm³/mol. The van der Waals surface area contributed by atoms with E-state index in [1.54, 1.807) is 0 Å². The zero-order valence-corrected chi connectivity index (χ0v) is 11.9. The fourth-order valence-electron chi connectivity index (χ4n) is 2.92. The first kappa shape index (κ1) is 13.9. The van der Waals surface area contributed by atoms with E-state index >= 15 is 0 Å². The zero-order chi connectivity index (χ0) is 13.7. The molecule has 102 valence electrons. The summed E-state index contributed by atoms with van der Waals surface area (Å²) >= 11 is 0. The molecule has 0 spiro atoms. The highest BCUT2D eigenvalue weighted by molar-refractivity contribution is 5.44. The summed E-state index contributed by atoms with van der Waals surface area (Å²) < 4.78 is 0. The van der Waals surface area contributed by atoms with Crippen molar-refractivity contribution in [2.75, 3.05) is 11.9 Å². The molecule has 19 heavy (non-hydrogen) atoms. The Bertz CT molecular complexity index is 454. The lowest BCUT2D eigenvalue weighted by molar-refractivity contribution is 0.278. The minimum absolute atomic E-state index is 0.685. The van der Waals surface area contributed by atoms with E-state index in [1.165, 1.54) is 32.1 Å². The normalized spacial score (nSPS) is 22.8. The Morgan fingerprint density at radius 1 is 1.26 bits per heavy atom. The molecule has 0 aliphatic heterocycles. The van der Waals surface area contributed by atoms with E-state index in [0.29, 0.717) is 5.56 Å². The van der Waals surface area contributed by atoms with Crippen LogP contribution in [-0.4, -0.2) is 11.5 Å². The van der Waals surface area contributed by atoms with Gasteiger partial charge < -0.3 is 5.32 Å². The highest BCUT2D eigenvalue weighted by Crippen LogP contribution is 2.30. The van der Waals surface area contributed by atoms with Gasteiger partial charge in [0.05, 0.1) is 11.6 Å². The van der Waals surface area contributed by atoms with E-state index in [2.05, 4.69) is 23.3 Å². The summed E-state index contributed by atoms with van der Waals surface area (Å²) in [4.78, 5) is 4.44. The molecule has 1 fully saturated rings. The average molecular weight is 257 g/mol. The molecular weight excluding hydrogens is 234 g/mol. The van der Waals surface area contributed by atoms with E-state index in [1.807, 2.05) is 19.1 Å². The smallest absolute Gasteiger partial charge is 0.127 e. The van der Waals surface area contributed by atoms with Crippen LogP contribution in [0.4, 0.5) is 5.82 Å². The number of nitrogens with zero attached hydrogens (tertiary/aromatic N) is 2. The van der Waals surface area contributed by atoms with Gasteiger partial charge in [-0.2, -0.15) is 5.26 Å². The number of aromatic nitrogens is 1. The maximum absolute atomic E-state index is 8.95. The third-order valence-corrected chi connectivity index (χ3v) is 4.20. The van der Waals surface area contributed by atoms with Crippen molar-refractivity contribution in [3.8, 4) is 6.07 Å². The molecule has 0 atom stereocenters. The molecule has 1 aliphatic rings. The number of nitriles is 1. The van der Waals surface area contributed by atoms with Crippen LogP contribution in [0, 0.1) is 30.1 Å². The summed E-state index contributed by atoms with van der Waals surface area (Å²) in [6.07, 6.45) is 6.71. The van der Waals surface area contributed by atoms with Gasteiger partial charge in [0.25, 0.3) is 0 Å². The van der Waals surface area contributed by atoms with Crippen molar-refractivity contribution in [1.29, 1.82) is 5.26 Å². The fraction of sp³-hybridized carbons (Fsp3) is 0.625. The first-order valence-corrected chi connectivity index (χ1v) is 7.34. The van der Waals surface area contributed by atoms with Gasteiger partial charge in [0.2, 0.25) is 0 Å². The quantitative estimate of drug-likeness (QED) is 0.890. The Balaban J connectivity index is 1.86. The largest absolute Gasteiger partial charge is 0.370 e. The summed E-state index contributed by atoms with van der Waals surface area (Å²) in [7, 11) is 0. The molecule has 0 bridgehead atoms. The molecule has 2 rings (SSSR count). The van der Waals surface area contributed by atoms with Crippen LogP contribution in [0.3, 0.4) is 0 Å². The maximum Gasteiger partial charge on any atom is 0.127 e. The van der Waals surface area contributed by atoms with Gasteiger partial charge in [-0.05, 0) is 43.7 Å². The van der Waals surface area contributed by atoms with Gasteiger partial charge in [-0.1, -0.05) is 26.2 Å². The lowest BCUT2D eigenvalue weighted by atomic mass is 9.81. The standard InChI is InChI=1S/C16H23N3/c1-3-13-4-6-14(7-5-13)11-18-16-9-15(10-17)8-12(2)19-16/h8-9,13-14H,3-7,11H2,1-2H3,(H,18,19). The third kappa shape index (κ3) is 3.96. The summed E-state index contributed by atoms with van der Waals surface area (Å²) in [5.41, 5.74) is 1.58. The average Bonchev–Trinajstić information content (AvgIpc) is 2.45. The van der Waals surface area contributed by atoms with Crippen LogP contribution in [0.5, 0.6) is 0 Å². The second kappa shape index (κ2) is 6.56. The number of anilines is 1. The molecule has 1 aliphatic carbocycles. The molecule has 1 aromatic heterocycles. The van der Waals surface area contributed by atoms with E-state index in [9.17, 15) is 0 Å². The predicted octanol–water partition coefficient (Wildman–Crippen LogP) is 3.89. The van der Waals surface area contributed by atoms with Crippen molar-refractivity contribution in [2.45, 2.75) is 46.0 Å². The molecule has 1 N–H and O–H groups in total. The van der Waals surface area contributed by atoms with Crippen molar-refractivity contribution >= 4 is 5.82 Å². The van der Waals surface area contributed by atoms with Crippen LogP contribution < -0.4 is 5.32 Å². The Kier molecular flexibility index (Phi) is 4.79. The minimum Gasteiger partial charge on any atom is -0.370 e. The Morgan fingerprint density at radius 2 is 1.95 bits per heavy atom. The van der Waals surface area contributed by atoms with Gasteiger partial charge >= 0.3 is 0 Å². The monoisotopic (exact) mass is 257 g/mol. The van der Waals surface area contributed by atoms with E-state index < -0.39 is 0 Å². The lowest BCUT2D eigenvalue weighted by Crippen LogP contribution is -2.21. The van der Waals surface area contributed by atoms with Crippen molar-refractivity contribution in [2.24, 2.45) is 11.8 Å². The van der Waals surface area contributed by atoms with Crippen LogP contribution in [0.25, 0.3) is 0 Å². The number of rotatable bonds is 4. The summed E-state index contributed by atoms with van der Waals surface area (Å²) in [5.74, 6) is 2.54. The van der Waals surface area contributed by atoms with Crippen LogP contribution in [0.2, 0.25) is 0 Å². The highest BCUT2D eigenvalue weighted by atomic mass is 15.0. The van der Waals surface area contributed by atoms with Gasteiger partial charge in [0.1, 0.15) is 5.82 Å². The first-order valence-electron chi connectivity index (χ1n) is 7.34. The van der Waals surface area contributed by atoms with Gasteiger partial charge in [-0.25, -0.2) is 4.98 Å². The SMILES string of the molecule is CCC1CCC(CNc2cc(C#N)cc(C)n2)CC1. The number of pyridine rings is 1. The van der Waals surface area contributed by atoms with Gasteiger partial charge in [0, 0.05) is 12.2 Å². The summed E-state index contributed by atoms with van der Waals surface area (Å²) in [6.45, 7) is 5.21. The van der Waals surface area contributed by atoms with Gasteiger partial charge in [0.15, 0.2) is 0 Å². The fourth-order valence-corrected chi connectivity index (χ4v) is 2.92. The Labute approximate surface area is 116 Å². The van der Waals surface area contributed by atoms with Crippen molar-refractivity contribution in [3.05, 3.63) is 23.4 Å². The van der Waals surface area contributed by atoms with Gasteiger partial charge in [-0.3, -0.25) is 0 Å². The Hall–Kier alpha value is -1.56. The number of hydrogen-bond acceptors (Lipinski definition) is 3. The molecule has 3 heteroatoms. The second-order valence-electron chi connectivity index (χ2n) is 5.67. The molecule has 0 amide bonds. The number of nitrogens with one attached hydrogen (secondary N) is 1. The molecule has 1 heterocycles. The molecule has 1 saturated carbocycles. The highest BCUT2D eigenvalue weighted by Gasteiger charge is 2.19. The zero-order valence-electron chi connectivity index (χ0n) is 11.9. The van der Waals surface area contributed by atoms with Crippen molar-refractivity contribution < 1.29 is 0 Å². The molecule has 1 aromatic rings. The molecule has 0 aromatic carbocycles. The molecule has 3 nitrogen and oxygen atoms in total. The van der Waals surface area contributed by atoms with Crippen molar-refractivity contribution in [1.82, 2.24) is 4.98 Å². The van der Waals surface area contributed by atoms with Crippen LogP contribution in [0.1, 0.15) is 50.3 Å². The minimum atomic E-state index is 0.685. The van der Waals surface area contributed by atoms with Crippen molar-refractivity contribution in [3.63, 3.8) is 0 Å². The molecular formula is C16H23N3. The maximum atomic E-state index is 8.95. The third-order valence-electron chi connectivity index (χ3n) is 4.20. The van der Waals surface area contributed by atoms with Crippen LogP contribution in [-0.2, 0) is 0 Å². The Morgan fingerprint density at radius 3 is 2.58 bits per heavy atom. The number of aryl methyl sites for hydroxylation is 1. The first-order chi connectivity index (χ1) is 9.21. The topological polar surface area (TPSA) is 48.7 Å². The van der Waals surface area contributed by atoms with Gasteiger partial charge in [-0.15, -0.1) is 0 Å². The summed E-state index contributed by atoms with van der Waals surface area (Å²) in [5, 5.41) is 12.4. The van der Waals surface area contributed by atoms with Crippen LogP contribution >= 0.6 is 0 Å². The van der Waals surface area contributed by atoms with E-state index in [4.69, 9.17) is 5.26 Å². The number of hydrogen-bond donors (Lipinski definition) is 1. The summed E-state index contributed by atoms with van der Waals surface area (Å²) in [6, 6.07) is 5.83. The van der Waals surface area contributed by atoms with E-state index in [0.717, 1.165) is 29.9 Å². The van der Waals surface area contributed by atoms with E-state index in [-0.39, 0.29) is 0 Å². The molecule has 0 saturated heterocycles. The molecule has 0 radical (unpaired) electrons. The lowest BCUT2D eigenvalue weighted by Gasteiger charge is -2.28. The van der Waals surface area contributed by atoms with Crippen LogP contribution in [0.15, 0.2) is 12.1 Å².